The van der Waals surface area contributed by atoms with Crippen LogP contribution >= 0.6 is 11.6 Å². The van der Waals surface area contributed by atoms with Crippen molar-refractivity contribution in [1.82, 2.24) is 5.01 Å². The van der Waals surface area contributed by atoms with Crippen molar-refractivity contribution in [2.75, 3.05) is 13.2 Å². The molecule has 122 valence electrons. The molecule has 0 aromatic heterocycles. The number of hydrogen-bond acceptors (Lipinski definition) is 5. The number of carbonyl (C=O) groups is 2. The van der Waals surface area contributed by atoms with Crippen LogP contribution in [0.5, 0.6) is 0 Å². The van der Waals surface area contributed by atoms with E-state index < -0.39 is 22.8 Å². The molecule has 0 unspecified atom stereocenters. The summed E-state index contributed by atoms with van der Waals surface area (Å²) in [5, 5.41) is 4.48. The molecule has 0 rings (SSSR count). The zero-order valence-corrected chi connectivity index (χ0v) is 14.4. The van der Waals surface area contributed by atoms with Gasteiger partial charge in [-0.2, -0.15) is 5.01 Å². The van der Waals surface area contributed by atoms with Crippen molar-refractivity contribution in [1.29, 1.82) is 0 Å². The Balaban J connectivity index is 5.00. The average molecular weight is 321 g/mol. The van der Waals surface area contributed by atoms with Crippen molar-refractivity contribution in [3.05, 3.63) is 0 Å². The summed E-state index contributed by atoms with van der Waals surface area (Å²) in [6, 6.07) is 0. The highest BCUT2D eigenvalue weighted by atomic mass is 35.5. The molecule has 6 nitrogen and oxygen atoms in total. The highest BCUT2D eigenvalue weighted by Gasteiger charge is 2.23. The summed E-state index contributed by atoms with van der Waals surface area (Å²) >= 11 is 5.76. The zero-order valence-electron chi connectivity index (χ0n) is 13.6. The third-order valence-electron chi connectivity index (χ3n) is 2.17. The molecule has 0 aliphatic carbocycles. The molecule has 0 atom stereocenters. The molecule has 0 aromatic rings. The third-order valence-corrected chi connectivity index (χ3v) is 2.40. The number of nitrogens with zero attached hydrogens (tertiary/aromatic N) is 2. The van der Waals surface area contributed by atoms with Crippen molar-refractivity contribution in [3.63, 3.8) is 0 Å². The Morgan fingerprint density at radius 1 is 1.29 bits per heavy atom. The minimum Gasteiger partial charge on any atom is -0.461 e. The maximum Gasteiger partial charge on any atom is 0.430 e. The molecular formula is C14H25ClN2O4. The van der Waals surface area contributed by atoms with Crippen LogP contribution in [0.4, 0.5) is 4.79 Å². The van der Waals surface area contributed by atoms with Crippen LogP contribution < -0.4 is 0 Å². The fourth-order valence-electron chi connectivity index (χ4n) is 1.21. The first kappa shape index (κ1) is 19.7. The summed E-state index contributed by atoms with van der Waals surface area (Å²) in [5.74, 6) is -0.399. The quantitative estimate of drug-likeness (QED) is 0.427. The second-order valence-corrected chi connectivity index (χ2v) is 6.26. The topological polar surface area (TPSA) is 68.2 Å². The van der Waals surface area contributed by atoms with E-state index in [-0.39, 0.29) is 6.61 Å². The van der Waals surface area contributed by atoms with E-state index in [1.54, 1.807) is 27.7 Å². The Morgan fingerprint density at radius 3 is 2.29 bits per heavy atom. The van der Waals surface area contributed by atoms with Crippen molar-refractivity contribution >= 4 is 28.8 Å². The van der Waals surface area contributed by atoms with Gasteiger partial charge < -0.3 is 9.47 Å². The highest BCUT2D eigenvalue weighted by Crippen LogP contribution is 2.12. The van der Waals surface area contributed by atoms with Gasteiger partial charge in [0.1, 0.15) is 5.60 Å². The number of amides is 1. The minimum absolute atomic E-state index is 0.184. The van der Waals surface area contributed by atoms with Crippen LogP contribution in [0.15, 0.2) is 5.10 Å². The van der Waals surface area contributed by atoms with Gasteiger partial charge in [-0.3, -0.25) is 0 Å². The van der Waals surface area contributed by atoms with Crippen LogP contribution in [-0.2, 0) is 14.3 Å². The summed E-state index contributed by atoms with van der Waals surface area (Å²) in [5.41, 5.74) is -0.654. The summed E-state index contributed by atoms with van der Waals surface area (Å²) in [6.07, 6.45) is 0.0565. The Hall–Kier alpha value is -1.30. The van der Waals surface area contributed by atoms with E-state index in [2.05, 4.69) is 5.10 Å². The van der Waals surface area contributed by atoms with Crippen molar-refractivity contribution in [2.45, 2.75) is 53.6 Å². The molecule has 0 spiro atoms. The van der Waals surface area contributed by atoms with Gasteiger partial charge in [-0.15, -0.1) is 5.10 Å². The maximum absolute atomic E-state index is 12.1. The van der Waals surface area contributed by atoms with Crippen LogP contribution in [0.2, 0.25) is 0 Å². The molecular weight excluding hydrogens is 296 g/mol. The lowest BCUT2D eigenvalue weighted by atomic mass is 10.1. The molecule has 0 aliphatic rings. The monoisotopic (exact) mass is 320 g/mol. The van der Waals surface area contributed by atoms with Gasteiger partial charge in [0.25, 0.3) is 0 Å². The standard InChI is InChI=1S/C14H25ClN2O4/c1-7-20-12(18)11(15)16-17(9-8-10(2)3)13(19)21-14(4,5)6/h10H,7-9H2,1-6H3/b16-11-. The predicted octanol–water partition coefficient (Wildman–Crippen LogP) is 3.39. The number of ether oxygens (including phenoxy) is 2. The molecule has 7 heteroatoms. The third kappa shape index (κ3) is 9.28. The summed E-state index contributed by atoms with van der Waals surface area (Å²) in [6.45, 7) is 11.4. The predicted molar refractivity (Wildman–Crippen MR) is 82.3 cm³/mol. The summed E-state index contributed by atoms with van der Waals surface area (Å²) < 4.78 is 9.97. The van der Waals surface area contributed by atoms with E-state index in [1.165, 1.54) is 0 Å². The molecule has 0 radical (unpaired) electrons. The maximum atomic E-state index is 12.1. The van der Waals surface area contributed by atoms with Crippen LogP contribution in [0.1, 0.15) is 48.0 Å². The second kappa shape index (κ2) is 8.87. The van der Waals surface area contributed by atoms with Gasteiger partial charge in [0.2, 0.25) is 5.17 Å². The number of esters is 1. The fourth-order valence-corrected chi connectivity index (χ4v) is 1.36. The van der Waals surface area contributed by atoms with Gasteiger partial charge in [-0.25, -0.2) is 9.59 Å². The van der Waals surface area contributed by atoms with Gasteiger partial charge in [0, 0.05) is 6.54 Å². The minimum atomic E-state index is -0.766. The Labute approximate surface area is 131 Å². The Bertz CT molecular complexity index is 389. The van der Waals surface area contributed by atoms with Crippen LogP contribution in [0.3, 0.4) is 0 Å². The smallest absolute Gasteiger partial charge is 0.430 e. The lowest BCUT2D eigenvalue weighted by molar-refractivity contribution is -0.134. The van der Waals surface area contributed by atoms with Crippen LogP contribution in [0, 0.1) is 5.92 Å². The van der Waals surface area contributed by atoms with E-state index in [4.69, 9.17) is 21.1 Å². The first-order valence-electron chi connectivity index (χ1n) is 6.98. The highest BCUT2D eigenvalue weighted by molar-refractivity contribution is 6.82. The zero-order chi connectivity index (χ0) is 16.6. The number of hydrogen-bond donors (Lipinski definition) is 0. The van der Waals surface area contributed by atoms with E-state index in [1.807, 2.05) is 13.8 Å². The normalized spacial score (nSPS) is 12.3. The Kier molecular flexibility index (Phi) is 8.32. The Morgan fingerprint density at radius 2 is 1.86 bits per heavy atom. The molecule has 0 fully saturated rings. The van der Waals surface area contributed by atoms with Gasteiger partial charge >= 0.3 is 12.1 Å². The van der Waals surface area contributed by atoms with E-state index in [0.29, 0.717) is 18.9 Å². The molecule has 21 heavy (non-hydrogen) atoms. The van der Waals surface area contributed by atoms with Gasteiger partial charge in [0.15, 0.2) is 0 Å². The van der Waals surface area contributed by atoms with Gasteiger partial charge in [0.05, 0.1) is 6.61 Å². The van der Waals surface area contributed by atoms with Gasteiger partial charge in [-0.1, -0.05) is 25.4 Å². The first-order valence-corrected chi connectivity index (χ1v) is 7.36. The van der Waals surface area contributed by atoms with Crippen molar-refractivity contribution < 1.29 is 19.1 Å². The molecule has 0 saturated carbocycles. The molecule has 0 aromatic carbocycles. The lowest BCUT2D eigenvalue weighted by Crippen LogP contribution is -2.35. The molecule has 0 heterocycles. The van der Waals surface area contributed by atoms with Crippen LogP contribution in [-0.4, -0.2) is 41.0 Å². The average Bonchev–Trinajstić information content (AvgIpc) is 2.31. The first-order chi connectivity index (χ1) is 9.56. The van der Waals surface area contributed by atoms with Crippen LogP contribution in [0.25, 0.3) is 0 Å². The van der Waals surface area contributed by atoms with Crippen molar-refractivity contribution in [3.8, 4) is 0 Å². The lowest BCUT2D eigenvalue weighted by Gasteiger charge is -2.24. The SMILES string of the molecule is CCOC(=O)/C(Cl)=N/N(CCC(C)C)C(=O)OC(C)(C)C. The number of halogens is 1. The second-order valence-electron chi connectivity index (χ2n) is 5.90. The van der Waals surface area contributed by atoms with E-state index >= 15 is 0 Å². The molecule has 0 N–H and O–H groups in total. The molecule has 0 saturated heterocycles. The fraction of sp³-hybridized carbons (Fsp3) is 0.786. The molecule has 1 amide bonds. The summed E-state index contributed by atoms with van der Waals surface area (Å²) in [4.78, 5) is 23.5. The largest absolute Gasteiger partial charge is 0.461 e. The summed E-state index contributed by atoms with van der Waals surface area (Å²) in [7, 11) is 0. The van der Waals surface area contributed by atoms with E-state index in [0.717, 1.165) is 5.01 Å². The van der Waals surface area contributed by atoms with E-state index in [9.17, 15) is 9.59 Å². The molecule has 0 bridgehead atoms. The van der Waals surface area contributed by atoms with Gasteiger partial charge in [-0.05, 0) is 40.0 Å². The number of rotatable bonds is 6. The van der Waals surface area contributed by atoms with Crippen molar-refractivity contribution in [2.24, 2.45) is 11.0 Å². The number of carbonyl (C=O) groups excluding carboxylic acids is 2. The number of hydrazone groups is 1. The molecule has 0 aliphatic heterocycles.